The van der Waals surface area contributed by atoms with E-state index in [1.54, 1.807) is 81.7 Å². The fourth-order valence-corrected chi connectivity index (χ4v) is 12.9. The van der Waals surface area contributed by atoms with E-state index in [0.717, 1.165) is 6.26 Å². The second-order valence-electron chi connectivity index (χ2n) is 23.1. The molecule has 4 heterocycles. The Morgan fingerprint density at radius 2 is 1.58 bits per heavy atom. The lowest BCUT2D eigenvalue weighted by Crippen LogP contribution is -2.62. The number of ketones is 1. The average Bonchev–Trinajstić information content (AvgIpc) is 3.74. The van der Waals surface area contributed by atoms with Gasteiger partial charge < -0.3 is 67.8 Å². The molecule has 0 aromatic heterocycles. The van der Waals surface area contributed by atoms with E-state index < -0.39 is 148 Å². The molecule has 4 fully saturated rings. The van der Waals surface area contributed by atoms with Crippen molar-refractivity contribution in [2.75, 3.05) is 74.2 Å². The van der Waals surface area contributed by atoms with Crippen molar-refractivity contribution in [1.82, 2.24) is 15.1 Å². The summed E-state index contributed by atoms with van der Waals surface area (Å²) < 4.78 is 101. The third kappa shape index (κ3) is 15.8. The number of methoxy groups -OCH3 is 3. The number of alkyl halides is 1. The van der Waals surface area contributed by atoms with Crippen LogP contribution in [0.4, 0.5) is 9.18 Å². The van der Waals surface area contributed by atoms with Crippen molar-refractivity contribution in [1.29, 1.82) is 0 Å². The summed E-state index contributed by atoms with van der Waals surface area (Å²) in [5, 5.41) is 26.3. The number of carbonyl (C=O) groups is 4. The summed E-state index contributed by atoms with van der Waals surface area (Å²) in [5.41, 5.74) is -3.38. The monoisotopic (exact) mass is 1150 g/mol. The zero-order chi connectivity index (χ0) is 58.9. The lowest BCUT2D eigenvalue weighted by atomic mass is 9.73. The lowest BCUT2D eigenvalue weighted by Gasteiger charge is -2.50. The largest absolute Gasteiger partial charge is 0.458 e. The van der Waals surface area contributed by atoms with Crippen LogP contribution in [0, 0.1) is 23.7 Å². The Bertz CT molecular complexity index is 2290. The molecule has 1 aromatic carbocycles. The molecule has 452 valence electrons. The first-order valence-electron chi connectivity index (χ1n) is 27.8. The smallest absolute Gasteiger partial charge is 0.411 e. The van der Waals surface area contributed by atoms with E-state index in [-0.39, 0.29) is 69.1 Å². The fraction of sp³-hybridized carbons (Fsp3) is 0.821. The minimum absolute atomic E-state index is 0.0380. The van der Waals surface area contributed by atoms with Crippen LogP contribution in [-0.2, 0) is 78.0 Å². The van der Waals surface area contributed by atoms with E-state index in [1.807, 2.05) is 18.7 Å². The number of aliphatic hydroxyl groups is 2. The van der Waals surface area contributed by atoms with Crippen molar-refractivity contribution >= 4 is 33.6 Å². The van der Waals surface area contributed by atoms with Gasteiger partial charge in [-0.2, -0.15) is 0 Å². The summed E-state index contributed by atoms with van der Waals surface area (Å²) in [6.07, 6.45) is -8.18. The van der Waals surface area contributed by atoms with Gasteiger partial charge in [-0.05, 0) is 92.0 Å². The molecular weight excluding hydrogens is 1050 g/mol. The van der Waals surface area contributed by atoms with Gasteiger partial charge in [0.05, 0.1) is 78.3 Å². The van der Waals surface area contributed by atoms with E-state index in [0.29, 0.717) is 18.6 Å². The molecule has 0 saturated carbocycles. The molecular formula is C56H92FN3O18S. The summed E-state index contributed by atoms with van der Waals surface area (Å²) in [6.45, 7) is 17.6. The summed E-state index contributed by atoms with van der Waals surface area (Å²) in [4.78, 5) is 60.8. The molecule has 79 heavy (non-hydrogen) atoms. The number of benzene rings is 1. The number of amides is 2. The van der Waals surface area contributed by atoms with Gasteiger partial charge in [-0.25, -0.2) is 17.6 Å². The van der Waals surface area contributed by atoms with Gasteiger partial charge in [-0.3, -0.25) is 19.3 Å². The molecule has 0 bridgehead atoms. The topological polar surface area (TPSA) is 254 Å². The number of hydrogen-bond donors (Lipinski definition) is 3. The molecule has 4 aliphatic rings. The fourth-order valence-electron chi connectivity index (χ4n) is 12.2. The van der Waals surface area contributed by atoms with Gasteiger partial charge in [0.2, 0.25) is 5.91 Å². The molecule has 4 saturated heterocycles. The molecule has 0 spiro atoms. The minimum atomic E-state index is -3.42. The van der Waals surface area contributed by atoms with Gasteiger partial charge in [-0.15, -0.1) is 0 Å². The number of aliphatic hydroxyl groups excluding tert-OH is 2. The molecule has 0 aliphatic carbocycles. The summed E-state index contributed by atoms with van der Waals surface area (Å²) in [7, 11) is 2.85. The van der Waals surface area contributed by atoms with Gasteiger partial charge in [-0.1, -0.05) is 39.8 Å². The van der Waals surface area contributed by atoms with Crippen molar-refractivity contribution in [3.05, 3.63) is 29.8 Å². The third-order valence-corrected chi connectivity index (χ3v) is 18.1. The number of rotatable bonds is 22. The molecule has 0 radical (unpaired) electrons. The number of carbonyl (C=O) groups excluding carboxylic acids is 4. The number of hydrogen-bond acceptors (Lipinski definition) is 19. The summed E-state index contributed by atoms with van der Waals surface area (Å²) in [5.74, 6) is -4.95. The second-order valence-corrected chi connectivity index (χ2v) is 25.1. The minimum Gasteiger partial charge on any atom is -0.458 e. The van der Waals surface area contributed by atoms with Gasteiger partial charge >= 0.3 is 12.1 Å². The Hall–Kier alpha value is -3.46. The van der Waals surface area contributed by atoms with Crippen LogP contribution < -0.4 is 5.32 Å². The van der Waals surface area contributed by atoms with Crippen LogP contribution in [0.1, 0.15) is 107 Å². The molecule has 21 nitrogen and oxygen atoms in total. The number of ether oxygens (including phenoxy) is 10. The normalized spacial score (nSPS) is 37.5. The van der Waals surface area contributed by atoms with Gasteiger partial charge in [0.25, 0.3) is 0 Å². The van der Waals surface area contributed by atoms with Gasteiger partial charge in [0.1, 0.15) is 30.8 Å². The van der Waals surface area contributed by atoms with Crippen molar-refractivity contribution in [2.24, 2.45) is 23.7 Å². The second kappa shape index (κ2) is 28.2. The first-order chi connectivity index (χ1) is 37.0. The van der Waals surface area contributed by atoms with Gasteiger partial charge in [0, 0.05) is 77.3 Å². The number of sulfone groups is 1. The first-order valence-corrected chi connectivity index (χ1v) is 29.6. The van der Waals surface area contributed by atoms with Crippen LogP contribution in [0.3, 0.4) is 0 Å². The lowest BCUT2D eigenvalue weighted by molar-refractivity contribution is -0.319. The predicted octanol–water partition coefficient (Wildman–Crippen LogP) is 4.43. The third-order valence-electron chi connectivity index (χ3n) is 17.0. The van der Waals surface area contributed by atoms with Crippen LogP contribution in [0.5, 0.6) is 0 Å². The Morgan fingerprint density at radius 3 is 2.18 bits per heavy atom. The van der Waals surface area contributed by atoms with E-state index in [2.05, 4.69) is 5.32 Å². The standard InChI is InChI=1S/C56H92FN3O18S/c1-16-42-56(10)48(60(53(66)78-56)23-24-72-26-25-69-12)34(4)45(62)32(2)29-55(9,71-14)50(35(5)47(36(6)51(65)75-42)76-44-30-54(8,70-13)49(64)37(7)74-44)77-52-46(63)41(27-33(3)73-52)59(11)22-21-43(61)58-39(31-57)28-38-17-19-40(20-18-38)79(15,67)68/h17-20,32-37,39,41-42,44,46-50,52,63-64H,16,21-31H2,1-15H3,(H,58,61)/t32-,33-,34+,35+,36-,37+,39+,41+,42-,44+,46-,47+,48?,49+,50-,52+,54?,55?,56?/m1/s1. The van der Waals surface area contributed by atoms with E-state index in [9.17, 15) is 37.4 Å². The molecule has 1 aromatic rings. The zero-order valence-corrected chi connectivity index (χ0v) is 50.0. The van der Waals surface area contributed by atoms with Crippen molar-refractivity contribution in [2.45, 2.75) is 203 Å². The summed E-state index contributed by atoms with van der Waals surface area (Å²) in [6, 6.07) is 3.66. The molecule has 23 heteroatoms. The molecule has 4 unspecified atom stereocenters. The van der Waals surface area contributed by atoms with Crippen molar-refractivity contribution in [3.63, 3.8) is 0 Å². The van der Waals surface area contributed by atoms with E-state index in [4.69, 9.17) is 47.4 Å². The Morgan fingerprint density at radius 1 is 0.924 bits per heavy atom. The molecule has 5 rings (SSSR count). The highest BCUT2D eigenvalue weighted by Gasteiger charge is 2.61. The number of nitrogens with zero attached hydrogens (tertiary/aromatic N) is 2. The van der Waals surface area contributed by atoms with Crippen LogP contribution in [-0.4, -0.2) is 217 Å². The maximum absolute atomic E-state index is 15.1. The van der Waals surface area contributed by atoms with E-state index >= 15 is 4.79 Å². The number of Topliss-reactive ketones (excluding diaryl/α,β-unsaturated/α-hetero) is 1. The quantitative estimate of drug-likeness (QED) is 0.107. The maximum Gasteiger partial charge on any atom is 0.411 e. The Kier molecular flexibility index (Phi) is 23.7. The van der Waals surface area contributed by atoms with E-state index in [1.165, 1.54) is 31.3 Å². The highest BCUT2D eigenvalue weighted by atomic mass is 32.2. The highest BCUT2D eigenvalue weighted by Crippen LogP contribution is 2.45. The van der Waals surface area contributed by atoms with Crippen molar-refractivity contribution in [3.8, 4) is 0 Å². The molecule has 2 amide bonds. The number of cyclic esters (lactones) is 1. The van der Waals surface area contributed by atoms with Gasteiger partial charge in [0.15, 0.2) is 28.0 Å². The number of fused-ring (bicyclic) bond motifs is 1. The number of halogens is 1. The Balaban J connectivity index is 1.49. The van der Waals surface area contributed by atoms with Crippen LogP contribution in [0.25, 0.3) is 0 Å². The average molecular weight is 1150 g/mol. The number of esters is 1. The SMILES string of the molecule is CC[C@H]1OC(=O)[C@H](C)[C@@H](O[C@H]2CC(C)(OC)[C@@H](O)[C@H](C)O2)[C@H](C)[C@@H](O[C@@H]2O[C@H](C)C[C@H](N(C)CCC(=O)N[C@H](CF)Cc3ccc(S(C)(=O)=O)cc3)[C@H]2O)C(C)(OC)C[C@@H](C)C(=O)[C@H](C)C2N(CCOCCOC)C(=O)OC21C. The molecule has 4 aliphatic heterocycles. The molecule has 3 N–H and O–H groups in total. The first kappa shape index (κ1) is 66.3. The highest BCUT2D eigenvalue weighted by molar-refractivity contribution is 7.90. The maximum atomic E-state index is 15.1. The van der Waals surface area contributed by atoms with Crippen LogP contribution in [0.2, 0.25) is 0 Å². The predicted molar refractivity (Wildman–Crippen MR) is 287 cm³/mol. The van der Waals surface area contributed by atoms with Crippen LogP contribution in [0.15, 0.2) is 29.2 Å². The number of likely N-dealkylation sites (N-methyl/N-ethyl adjacent to an activating group) is 1. The number of nitrogens with one attached hydrogen (secondary N) is 1. The summed E-state index contributed by atoms with van der Waals surface area (Å²) >= 11 is 0. The molecule has 19 atom stereocenters. The van der Waals surface area contributed by atoms with Crippen molar-refractivity contribution < 1.29 is 89.6 Å². The zero-order valence-electron chi connectivity index (χ0n) is 49.1. The Labute approximate surface area is 467 Å². The van der Waals surface area contributed by atoms with Crippen LogP contribution >= 0.6 is 0 Å².